The van der Waals surface area contributed by atoms with E-state index in [4.69, 9.17) is 14.2 Å². The van der Waals surface area contributed by atoms with E-state index in [1.54, 1.807) is 39.6 Å². The SMILES string of the molecule is COCCN=C(C)/C=C(\[O-])C(C)(C)C.COCCN=C(C)/C=C(\[O-])C(C)(C)C.COCCN=C(C)/C=C(\[O-])C(C)(C)C.[Er+3]. The van der Waals surface area contributed by atoms with Crippen molar-refractivity contribution in [2.45, 2.75) is 83.1 Å². The molecule has 0 fully saturated rings. The summed E-state index contributed by atoms with van der Waals surface area (Å²) in [6.07, 6.45) is 4.78. The first-order valence-corrected chi connectivity index (χ1v) is 14.3. The molecule has 0 aromatic heterocycles. The molecule has 0 aliphatic heterocycles. The van der Waals surface area contributed by atoms with Gasteiger partial charge >= 0.3 is 37.3 Å². The third-order valence-corrected chi connectivity index (χ3v) is 5.21. The minimum atomic E-state index is -0.321. The van der Waals surface area contributed by atoms with Crippen LogP contribution in [0.1, 0.15) is 83.1 Å². The van der Waals surface area contributed by atoms with Gasteiger partial charge in [-0.3, -0.25) is 15.0 Å². The number of hydrogen-bond acceptors (Lipinski definition) is 9. The van der Waals surface area contributed by atoms with Crippen molar-refractivity contribution in [3.05, 3.63) is 35.5 Å². The van der Waals surface area contributed by atoms with E-state index in [2.05, 4.69) is 15.0 Å². The largest absolute Gasteiger partial charge is 3.00 e. The monoisotopic (exact) mass is 760 g/mol. The fourth-order valence-electron chi connectivity index (χ4n) is 2.30. The Bertz CT molecular complexity index is 798. The molecule has 43 heavy (non-hydrogen) atoms. The van der Waals surface area contributed by atoms with Crippen molar-refractivity contribution in [1.29, 1.82) is 0 Å². The molecule has 0 saturated heterocycles. The molecule has 0 bridgehead atoms. The van der Waals surface area contributed by atoms with E-state index in [1.165, 1.54) is 0 Å². The first-order valence-electron chi connectivity index (χ1n) is 14.3. The van der Waals surface area contributed by atoms with Crippen molar-refractivity contribution in [3.63, 3.8) is 0 Å². The van der Waals surface area contributed by atoms with E-state index >= 15 is 0 Å². The van der Waals surface area contributed by atoms with Crippen LogP contribution in [0, 0.1) is 53.6 Å². The molecule has 255 valence electrons. The maximum atomic E-state index is 11.5. The van der Waals surface area contributed by atoms with Gasteiger partial charge < -0.3 is 29.5 Å². The van der Waals surface area contributed by atoms with E-state index in [-0.39, 0.29) is 70.8 Å². The molecule has 9 nitrogen and oxygen atoms in total. The molecule has 0 N–H and O–H groups in total. The quantitative estimate of drug-likeness (QED) is 0.167. The molecule has 0 amide bonds. The summed E-state index contributed by atoms with van der Waals surface area (Å²) in [5.74, 6) is 0.323. The van der Waals surface area contributed by atoms with Crippen LogP contribution in [0.3, 0.4) is 0 Å². The van der Waals surface area contributed by atoms with Crippen LogP contribution in [0.2, 0.25) is 0 Å². The van der Waals surface area contributed by atoms with Gasteiger partial charge in [0.05, 0.1) is 39.5 Å². The van der Waals surface area contributed by atoms with Crippen LogP contribution in [-0.4, -0.2) is 77.9 Å². The van der Waals surface area contributed by atoms with Gasteiger partial charge in [0.15, 0.2) is 0 Å². The topological polar surface area (TPSA) is 134 Å². The third kappa shape index (κ3) is 32.0. The van der Waals surface area contributed by atoms with Gasteiger partial charge in [0, 0.05) is 38.5 Å². The molecule has 0 spiro atoms. The molecule has 1 radical (unpaired) electrons. The summed E-state index contributed by atoms with van der Waals surface area (Å²) in [7, 11) is 4.90. The zero-order valence-corrected chi connectivity index (χ0v) is 31.4. The first-order chi connectivity index (χ1) is 19.1. The summed E-state index contributed by atoms with van der Waals surface area (Å²) in [4.78, 5) is 12.5. The molecule has 0 aromatic rings. The Morgan fingerprint density at radius 3 is 0.814 bits per heavy atom. The van der Waals surface area contributed by atoms with Crippen LogP contribution in [-0.2, 0) is 14.2 Å². The van der Waals surface area contributed by atoms with Crippen molar-refractivity contribution in [3.8, 4) is 0 Å². The molecule has 0 heterocycles. The molecule has 0 aliphatic rings. The van der Waals surface area contributed by atoms with Crippen molar-refractivity contribution in [2.24, 2.45) is 31.2 Å². The van der Waals surface area contributed by atoms with Gasteiger partial charge in [-0.2, -0.15) is 0 Å². The van der Waals surface area contributed by atoms with Gasteiger partial charge in [-0.1, -0.05) is 80.5 Å². The Balaban J connectivity index is -0.000000262. The van der Waals surface area contributed by atoms with Gasteiger partial charge in [-0.25, -0.2) is 0 Å². The maximum absolute atomic E-state index is 11.5. The predicted octanol–water partition coefficient (Wildman–Crippen LogP) is 4.15. The number of aliphatic imine (C=N–C) groups is 3. The average molecular weight is 762 g/mol. The van der Waals surface area contributed by atoms with Crippen molar-refractivity contribution in [2.75, 3.05) is 60.8 Å². The zero-order chi connectivity index (χ0) is 33.6. The van der Waals surface area contributed by atoms with Crippen LogP contribution in [0.15, 0.2) is 50.5 Å². The first kappa shape index (κ1) is 48.7. The molecular weight excluding hydrogens is 702 g/mol. The van der Waals surface area contributed by atoms with E-state index in [1.807, 2.05) is 83.1 Å². The fraction of sp³-hybridized carbons (Fsp3) is 0.727. The van der Waals surface area contributed by atoms with Gasteiger partial charge in [-0.05, 0) is 37.0 Å². The Hall–Kier alpha value is -1.24. The second kappa shape index (κ2) is 26.0. The van der Waals surface area contributed by atoms with Crippen LogP contribution in [0.4, 0.5) is 0 Å². The molecule has 0 unspecified atom stereocenters. The summed E-state index contributed by atoms with van der Waals surface area (Å²) in [6.45, 7) is 26.2. The standard InChI is InChI=1S/3C11H21NO2.Er/c3*1-9(12-6-7-14-5)8-10(13)11(2,3)4;/h3*8,13H,6-7H2,1-5H3;/q;;;+3/p-3/b3*10-8-,12-9?;. The Kier molecular flexibility index (Phi) is 29.4. The normalized spacial score (nSPS) is 14.3. The fourth-order valence-corrected chi connectivity index (χ4v) is 2.30. The molecular formula is C33H60ErN3O6. The number of methoxy groups -OCH3 is 3. The zero-order valence-electron chi connectivity index (χ0n) is 29.6. The van der Waals surface area contributed by atoms with Crippen LogP contribution >= 0.6 is 0 Å². The molecule has 0 aliphatic carbocycles. The minimum absolute atomic E-state index is 0. The Morgan fingerprint density at radius 2 is 0.674 bits per heavy atom. The Labute approximate surface area is 292 Å². The number of hydrogen-bond donors (Lipinski definition) is 0. The third-order valence-electron chi connectivity index (χ3n) is 5.21. The van der Waals surface area contributed by atoms with Gasteiger partial charge in [0.1, 0.15) is 0 Å². The summed E-state index contributed by atoms with van der Waals surface area (Å²) < 4.78 is 14.6. The number of nitrogens with zero attached hydrogens (tertiary/aromatic N) is 3. The van der Waals surface area contributed by atoms with Crippen LogP contribution in [0.5, 0.6) is 0 Å². The van der Waals surface area contributed by atoms with Gasteiger partial charge in [0.2, 0.25) is 0 Å². The summed E-state index contributed by atoms with van der Waals surface area (Å²) in [5, 5.41) is 34.6. The van der Waals surface area contributed by atoms with Crippen molar-refractivity contribution < 1.29 is 66.8 Å². The minimum Gasteiger partial charge on any atom is -0.875 e. The second-order valence-corrected chi connectivity index (χ2v) is 12.8. The van der Waals surface area contributed by atoms with Crippen molar-refractivity contribution in [1.82, 2.24) is 0 Å². The van der Waals surface area contributed by atoms with Gasteiger partial charge in [0.25, 0.3) is 0 Å². The maximum Gasteiger partial charge on any atom is 3.00 e. The Morgan fingerprint density at radius 1 is 0.488 bits per heavy atom. The molecule has 0 aromatic carbocycles. The smallest absolute Gasteiger partial charge is 0.875 e. The van der Waals surface area contributed by atoms with E-state index in [9.17, 15) is 15.3 Å². The van der Waals surface area contributed by atoms with E-state index in [0.717, 1.165) is 17.1 Å². The van der Waals surface area contributed by atoms with E-state index in [0.29, 0.717) is 39.5 Å². The average Bonchev–Trinajstić information content (AvgIpc) is 2.83. The van der Waals surface area contributed by atoms with Gasteiger partial charge in [-0.15, -0.1) is 17.3 Å². The number of rotatable bonds is 12. The van der Waals surface area contributed by atoms with Crippen LogP contribution in [0.25, 0.3) is 0 Å². The number of ether oxygens (including phenoxy) is 3. The van der Waals surface area contributed by atoms with Crippen molar-refractivity contribution >= 4 is 17.1 Å². The summed E-state index contributed by atoms with van der Waals surface area (Å²) in [6, 6.07) is 0. The van der Waals surface area contributed by atoms with Crippen LogP contribution < -0.4 is 15.3 Å². The molecule has 0 atom stereocenters. The molecule has 0 saturated carbocycles. The second-order valence-electron chi connectivity index (χ2n) is 12.8. The molecule has 0 rings (SSSR count). The summed E-state index contributed by atoms with van der Waals surface area (Å²) >= 11 is 0. The number of allylic oxidation sites excluding steroid dienone is 6. The summed E-state index contributed by atoms with van der Waals surface area (Å²) in [5.41, 5.74) is 1.33. The predicted molar refractivity (Wildman–Crippen MR) is 172 cm³/mol. The van der Waals surface area contributed by atoms with E-state index < -0.39 is 0 Å². The molecule has 10 heteroatoms.